The van der Waals surface area contributed by atoms with Gasteiger partial charge in [-0.25, -0.2) is 0 Å². The number of Topliss-reactive ketones (excluding diaryl/α,β-unsaturated/α-hetero) is 1. The second-order valence-corrected chi connectivity index (χ2v) is 4.83. The third-order valence-electron chi connectivity index (χ3n) is 2.89. The van der Waals surface area contributed by atoms with Crippen LogP contribution in [0.5, 0.6) is 0 Å². The highest BCUT2D eigenvalue weighted by molar-refractivity contribution is 7.10. The maximum Gasteiger partial charge on any atom is 0.307 e. The molecule has 0 aromatic carbocycles. The summed E-state index contributed by atoms with van der Waals surface area (Å²) >= 11 is 1.54. The normalized spacial score (nSPS) is 26.5. The van der Waals surface area contributed by atoms with Gasteiger partial charge in [0.05, 0.1) is 5.92 Å². The molecule has 4 heteroatoms. The van der Waals surface area contributed by atoms with Crippen molar-refractivity contribution in [2.75, 3.05) is 0 Å². The lowest BCUT2D eigenvalue weighted by Crippen LogP contribution is -2.28. The molecular weight excluding hydrogens is 212 g/mol. The molecule has 15 heavy (non-hydrogen) atoms. The van der Waals surface area contributed by atoms with Gasteiger partial charge in [-0.05, 0) is 17.9 Å². The summed E-state index contributed by atoms with van der Waals surface area (Å²) < 4.78 is 0. The van der Waals surface area contributed by atoms with Crippen LogP contribution < -0.4 is 0 Å². The molecule has 0 spiro atoms. The number of ketones is 1. The number of hydrogen-bond acceptors (Lipinski definition) is 3. The van der Waals surface area contributed by atoms with Crippen LogP contribution in [0.2, 0.25) is 0 Å². The van der Waals surface area contributed by atoms with Gasteiger partial charge in [0.1, 0.15) is 5.78 Å². The van der Waals surface area contributed by atoms with Crippen molar-refractivity contribution in [3.05, 3.63) is 22.4 Å². The molecule has 1 saturated carbocycles. The largest absolute Gasteiger partial charge is 0.481 e. The van der Waals surface area contributed by atoms with E-state index in [1.165, 1.54) is 11.3 Å². The number of rotatable bonds is 2. The molecular formula is C11H12O3S. The first-order chi connectivity index (χ1) is 7.18. The fraction of sp³-hybridized carbons (Fsp3) is 0.455. The summed E-state index contributed by atoms with van der Waals surface area (Å²) in [5.74, 6) is -1.09. The van der Waals surface area contributed by atoms with E-state index in [2.05, 4.69) is 0 Å². The topological polar surface area (TPSA) is 54.4 Å². The van der Waals surface area contributed by atoms with Gasteiger partial charge in [-0.2, -0.15) is 0 Å². The Bertz CT molecular complexity index is 369. The van der Waals surface area contributed by atoms with Crippen molar-refractivity contribution < 1.29 is 14.7 Å². The van der Waals surface area contributed by atoms with Gasteiger partial charge in [-0.15, -0.1) is 11.3 Å². The second kappa shape index (κ2) is 4.14. The SMILES string of the molecule is O=C1CCC(C(=O)O)C(c2cccs2)C1. The maximum atomic E-state index is 11.3. The van der Waals surface area contributed by atoms with Gasteiger partial charge < -0.3 is 5.11 Å². The van der Waals surface area contributed by atoms with Gasteiger partial charge in [-0.3, -0.25) is 9.59 Å². The molecule has 0 bridgehead atoms. The molecule has 1 aromatic rings. The van der Waals surface area contributed by atoms with Crippen LogP contribution in [0.1, 0.15) is 30.1 Å². The molecule has 1 fully saturated rings. The van der Waals surface area contributed by atoms with Crippen LogP contribution in [0.15, 0.2) is 17.5 Å². The molecule has 0 radical (unpaired) electrons. The van der Waals surface area contributed by atoms with E-state index in [9.17, 15) is 9.59 Å². The zero-order valence-corrected chi connectivity index (χ0v) is 9.00. The van der Waals surface area contributed by atoms with Crippen LogP contribution in [0, 0.1) is 5.92 Å². The number of aliphatic carboxylic acids is 1. The highest BCUT2D eigenvalue weighted by Gasteiger charge is 2.35. The Morgan fingerprint density at radius 3 is 2.93 bits per heavy atom. The predicted molar refractivity (Wildman–Crippen MR) is 57.0 cm³/mol. The first kappa shape index (κ1) is 10.4. The number of carboxylic acid groups (broad SMARTS) is 1. The summed E-state index contributed by atoms with van der Waals surface area (Å²) in [6.45, 7) is 0. The average Bonchev–Trinajstić information content (AvgIpc) is 2.69. The summed E-state index contributed by atoms with van der Waals surface area (Å²) in [6.07, 6.45) is 1.28. The highest BCUT2D eigenvalue weighted by Crippen LogP contribution is 2.38. The van der Waals surface area contributed by atoms with E-state index in [1.807, 2.05) is 17.5 Å². The molecule has 2 rings (SSSR count). The minimum Gasteiger partial charge on any atom is -0.481 e. The fourth-order valence-electron chi connectivity index (χ4n) is 2.10. The van der Waals surface area contributed by atoms with Crippen molar-refractivity contribution >= 4 is 23.1 Å². The summed E-state index contributed by atoms with van der Waals surface area (Å²) in [5.41, 5.74) is 0. The lowest BCUT2D eigenvalue weighted by atomic mass is 9.78. The molecule has 0 aliphatic heterocycles. The van der Waals surface area contributed by atoms with Crippen LogP contribution in [0.3, 0.4) is 0 Å². The molecule has 80 valence electrons. The number of carbonyl (C=O) groups excluding carboxylic acids is 1. The Hall–Kier alpha value is -1.16. The molecule has 2 unspecified atom stereocenters. The van der Waals surface area contributed by atoms with Crippen molar-refractivity contribution in [1.82, 2.24) is 0 Å². The zero-order chi connectivity index (χ0) is 10.8. The first-order valence-electron chi connectivity index (χ1n) is 4.96. The van der Waals surface area contributed by atoms with Crippen LogP contribution >= 0.6 is 11.3 Å². The summed E-state index contributed by atoms with van der Waals surface area (Å²) in [6, 6.07) is 3.82. The van der Waals surface area contributed by atoms with Gasteiger partial charge in [0, 0.05) is 23.6 Å². The number of thiophene rings is 1. The van der Waals surface area contributed by atoms with Crippen molar-refractivity contribution in [3.63, 3.8) is 0 Å². The molecule has 1 aliphatic rings. The minimum atomic E-state index is -0.777. The molecule has 1 aromatic heterocycles. The smallest absolute Gasteiger partial charge is 0.307 e. The van der Waals surface area contributed by atoms with Crippen molar-refractivity contribution in [1.29, 1.82) is 0 Å². The highest BCUT2D eigenvalue weighted by atomic mass is 32.1. The Balaban J connectivity index is 2.24. The lowest BCUT2D eigenvalue weighted by molar-refractivity contribution is -0.144. The van der Waals surface area contributed by atoms with E-state index in [0.717, 1.165) is 4.88 Å². The van der Waals surface area contributed by atoms with Gasteiger partial charge in [0.15, 0.2) is 0 Å². The van der Waals surface area contributed by atoms with Crippen LogP contribution in [-0.4, -0.2) is 16.9 Å². The average molecular weight is 224 g/mol. The number of carboxylic acids is 1. The molecule has 3 nitrogen and oxygen atoms in total. The van der Waals surface area contributed by atoms with Crippen molar-refractivity contribution in [2.45, 2.75) is 25.2 Å². The summed E-state index contributed by atoms with van der Waals surface area (Å²) in [5, 5.41) is 11.0. The Morgan fingerprint density at radius 2 is 2.33 bits per heavy atom. The standard InChI is InChI=1S/C11H12O3S/c12-7-3-4-8(11(13)14)9(6-7)10-2-1-5-15-10/h1-2,5,8-9H,3-4,6H2,(H,13,14). The second-order valence-electron chi connectivity index (χ2n) is 3.85. The van der Waals surface area contributed by atoms with E-state index >= 15 is 0 Å². The van der Waals surface area contributed by atoms with E-state index < -0.39 is 5.97 Å². The van der Waals surface area contributed by atoms with Gasteiger partial charge in [-0.1, -0.05) is 6.07 Å². The quantitative estimate of drug-likeness (QED) is 0.838. The molecule has 2 atom stereocenters. The fourth-order valence-corrected chi connectivity index (χ4v) is 3.00. The molecule has 1 heterocycles. The van der Waals surface area contributed by atoms with Crippen molar-refractivity contribution in [3.8, 4) is 0 Å². The summed E-state index contributed by atoms with van der Waals surface area (Å²) in [4.78, 5) is 23.4. The first-order valence-corrected chi connectivity index (χ1v) is 5.84. The minimum absolute atomic E-state index is 0.108. The third-order valence-corrected chi connectivity index (χ3v) is 3.90. The Labute approximate surface area is 91.7 Å². The van der Waals surface area contributed by atoms with E-state index in [0.29, 0.717) is 19.3 Å². The number of carbonyl (C=O) groups is 2. The van der Waals surface area contributed by atoms with Crippen molar-refractivity contribution in [2.24, 2.45) is 5.92 Å². The van der Waals surface area contributed by atoms with E-state index in [-0.39, 0.29) is 17.6 Å². The Kier molecular flexibility index (Phi) is 2.86. The van der Waals surface area contributed by atoms with E-state index in [1.54, 1.807) is 0 Å². The van der Waals surface area contributed by atoms with E-state index in [4.69, 9.17) is 5.11 Å². The molecule has 0 amide bonds. The van der Waals surface area contributed by atoms with Crippen LogP contribution in [-0.2, 0) is 9.59 Å². The van der Waals surface area contributed by atoms with Gasteiger partial charge in [0.2, 0.25) is 0 Å². The molecule has 0 saturated heterocycles. The number of hydrogen-bond donors (Lipinski definition) is 1. The lowest BCUT2D eigenvalue weighted by Gasteiger charge is -2.26. The van der Waals surface area contributed by atoms with Crippen LogP contribution in [0.25, 0.3) is 0 Å². The van der Waals surface area contributed by atoms with Gasteiger partial charge in [0.25, 0.3) is 0 Å². The molecule has 1 N–H and O–H groups in total. The monoisotopic (exact) mass is 224 g/mol. The summed E-state index contributed by atoms with van der Waals surface area (Å²) in [7, 11) is 0. The Morgan fingerprint density at radius 1 is 1.53 bits per heavy atom. The predicted octanol–water partition coefficient (Wildman–Crippen LogP) is 2.29. The van der Waals surface area contributed by atoms with Gasteiger partial charge >= 0.3 is 5.97 Å². The molecule has 1 aliphatic carbocycles. The third kappa shape index (κ3) is 2.09. The zero-order valence-electron chi connectivity index (χ0n) is 8.18. The maximum absolute atomic E-state index is 11.3. The van der Waals surface area contributed by atoms with Crippen LogP contribution in [0.4, 0.5) is 0 Å².